The number of aliphatic hydroxyl groups excluding tert-OH is 1. The Morgan fingerprint density at radius 2 is 2.05 bits per heavy atom. The van der Waals surface area contributed by atoms with E-state index < -0.39 is 6.10 Å². The van der Waals surface area contributed by atoms with Crippen LogP contribution in [0.15, 0.2) is 25.0 Å². The van der Waals surface area contributed by atoms with Crippen LogP contribution in [0.1, 0.15) is 32.2 Å². The molecule has 0 saturated heterocycles. The summed E-state index contributed by atoms with van der Waals surface area (Å²) in [6.45, 7) is 10.1. The van der Waals surface area contributed by atoms with Gasteiger partial charge >= 0.3 is 0 Å². The predicted molar refractivity (Wildman–Crippen MR) is 84.2 cm³/mol. The number of methoxy groups -OCH3 is 1. The van der Waals surface area contributed by atoms with E-state index in [1.807, 2.05) is 20.8 Å². The summed E-state index contributed by atoms with van der Waals surface area (Å²) in [4.78, 5) is 22.2. The highest BCUT2D eigenvalue weighted by atomic mass is 16.5. The number of carbonyl (C=O) groups is 1. The summed E-state index contributed by atoms with van der Waals surface area (Å²) in [6.07, 6.45) is 4.25. The topological polar surface area (TPSA) is 75.6 Å². The number of rotatable bonds is 7. The van der Waals surface area contributed by atoms with E-state index in [4.69, 9.17) is 4.74 Å². The fourth-order valence-corrected chi connectivity index (χ4v) is 1.86. The molecule has 1 aromatic rings. The third kappa shape index (κ3) is 5.20. The van der Waals surface area contributed by atoms with E-state index in [0.717, 1.165) is 11.4 Å². The molecular formula is C16H25N3O3. The first kappa shape index (κ1) is 18.3. The van der Waals surface area contributed by atoms with Crippen molar-refractivity contribution < 1.29 is 14.6 Å². The zero-order chi connectivity index (χ0) is 16.8. The van der Waals surface area contributed by atoms with Crippen molar-refractivity contribution in [3.8, 4) is 0 Å². The predicted octanol–water partition coefficient (Wildman–Crippen LogP) is 1.30. The van der Waals surface area contributed by atoms with Gasteiger partial charge in [0, 0.05) is 43.6 Å². The molecule has 1 N–H and O–H groups in total. The van der Waals surface area contributed by atoms with Crippen LogP contribution in [0.4, 0.5) is 0 Å². The molecule has 22 heavy (non-hydrogen) atoms. The highest BCUT2D eigenvalue weighted by Gasteiger charge is 2.19. The molecule has 0 spiro atoms. The Morgan fingerprint density at radius 3 is 2.45 bits per heavy atom. The lowest BCUT2D eigenvalue weighted by molar-refractivity contribution is -0.128. The van der Waals surface area contributed by atoms with Crippen LogP contribution in [0, 0.1) is 0 Å². The first-order valence-corrected chi connectivity index (χ1v) is 7.18. The number of aromatic nitrogens is 2. The Bertz CT molecular complexity index is 490. The van der Waals surface area contributed by atoms with Gasteiger partial charge in [0.25, 0.3) is 0 Å². The molecule has 1 unspecified atom stereocenters. The second-order valence-corrected chi connectivity index (χ2v) is 6.13. The van der Waals surface area contributed by atoms with Crippen LogP contribution < -0.4 is 0 Å². The lowest BCUT2D eigenvalue weighted by atomic mass is 9.96. The van der Waals surface area contributed by atoms with Crippen LogP contribution >= 0.6 is 0 Å². The number of aliphatic hydroxyl groups is 1. The molecule has 0 aromatic carbocycles. The third-order valence-corrected chi connectivity index (χ3v) is 3.20. The van der Waals surface area contributed by atoms with Gasteiger partial charge in [0.1, 0.15) is 5.82 Å². The van der Waals surface area contributed by atoms with Crippen LogP contribution in [0.2, 0.25) is 0 Å². The molecule has 1 atom stereocenters. The van der Waals surface area contributed by atoms with Crippen molar-refractivity contribution in [1.82, 2.24) is 14.9 Å². The van der Waals surface area contributed by atoms with Crippen molar-refractivity contribution in [2.75, 3.05) is 20.3 Å². The van der Waals surface area contributed by atoms with Crippen molar-refractivity contribution in [3.63, 3.8) is 0 Å². The summed E-state index contributed by atoms with van der Waals surface area (Å²) in [6, 6.07) is 0. The summed E-state index contributed by atoms with van der Waals surface area (Å²) >= 11 is 0. The molecule has 0 bridgehead atoms. The Labute approximate surface area is 131 Å². The van der Waals surface area contributed by atoms with Crippen molar-refractivity contribution in [2.24, 2.45) is 0 Å². The van der Waals surface area contributed by atoms with E-state index >= 15 is 0 Å². The standard InChI is InChI=1S/C16H25N3O3/c1-6-14(21)19(10-13(11-20)22-5)9-12-7-17-15(18-8-12)16(2,3)4/h6-8,13,20H,1,9-11H2,2-5H3. The normalized spacial score (nSPS) is 12.8. The lowest BCUT2D eigenvalue weighted by Gasteiger charge is -2.25. The maximum absolute atomic E-state index is 11.9. The van der Waals surface area contributed by atoms with Crippen LogP contribution in [-0.4, -0.2) is 52.2 Å². The van der Waals surface area contributed by atoms with Crippen molar-refractivity contribution in [1.29, 1.82) is 0 Å². The van der Waals surface area contributed by atoms with Crippen molar-refractivity contribution in [3.05, 3.63) is 36.4 Å². The smallest absolute Gasteiger partial charge is 0.246 e. The number of amides is 1. The van der Waals surface area contributed by atoms with E-state index in [1.165, 1.54) is 13.2 Å². The van der Waals surface area contributed by atoms with Crippen LogP contribution in [-0.2, 0) is 21.5 Å². The maximum atomic E-state index is 11.9. The molecule has 1 heterocycles. The SMILES string of the molecule is C=CC(=O)N(Cc1cnc(C(C)(C)C)nc1)CC(CO)OC. The average molecular weight is 307 g/mol. The van der Waals surface area contributed by atoms with Gasteiger partial charge in [-0.05, 0) is 6.08 Å². The van der Waals surface area contributed by atoms with Gasteiger partial charge in [-0.2, -0.15) is 0 Å². The summed E-state index contributed by atoms with van der Waals surface area (Å²) < 4.78 is 5.12. The average Bonchev–Trinajstić information content (AvgIpc) is 2.50. The molecular weight excluding hydrogens is 282 g/mol. The molecule has 0 aliphatic carbocycles. The van der Waals surface area contributed by atoms with Gasteiger partial charge in [0.05, 0.1) is 12.7 Å². The van der Waals surface area contributed by atoms with Gasteiger partial charge in [0.15, 0.2) is 0 Å². The molecule has 0 fully saturated rings. The molecule has 1 rings (SSSR count). The van der Waals surface area contributed by atoms with Crippen LogP contribution in [0.5, 0.6) is 0 Å². The fraction of sp³-hybridized carbons (Fsp3) is 0.562. The molecule has 6 heteroatoms. The first-order valence-electron chi connectivity index (χ1n) is 7.18. The number of carbonyl (C=O) groups excluding carboxylic acids is 1. The quantitative estimate of drug-likeness (QED) is 0.768. The molecule has 1 aromatic heterocycles. The fourth-order valence-electron chi connectivity index (χ4n) is 1.86. The first-order chi connectivity index (χ1) is 10.3. The second-order valence-electron chi connectivity index (χ2n) is 6.13. The van der Waals surface area contributed by atoms with Crippen LogP contribution in [0.25, 0.3) is 0 Å². The molecule has 0 aliphatic rings. The molecule has 0 saturated carbocycles. The largest absolute Gasteiger partial charge is 0.394 e. The Hall–Kier alpha value is -1.79. The Kier molecular flexibility index (Phi) is 6.64. The van der Waals surface area contributed by atoms with E-state index in [0.29, 0.717) is 6.54 Å². The van der Waals surface area contributed by atoms with Gasteiger partial charge in [-0.25, -0.2) is 9.97 Å². The second kappa shape index (κ2) is 8.00. The minimum absolute atomic E-state index is 0.118. The van der Waals surface area contributed by atoms with Gasteiger partial charge in [-0.3, -0.25) is 4.79 Å². The number of ether oxygens (including phenoxy) is 1. The Balaban J connectivity index is 2.85. The van der Waals surface area contributed by atoms with Gasteiger partial charge in [-0.15, -0.1) is 0 Å². The summed E-state index contributed by atoms with van der Waals surface area (Å²) in [5, 5.41) is 9.21. The van der Waals surface area contributed by atoms with Gasteiger partial charge in [0.2, 0.25) is 5.91 Å². The summed E-state index contributed by atoms with van der Waals surface area (Å²) in [7, 11) is 1.50. The summed E-state index contributed by atoms with van der Waals surface area (Å²) in [5.74, 6) is 0.526. The molecule has 1 amide bonds. The van der Waals surface area contributed by atoms with Crippen molar-refractivity contribution >= 4 is 5.91 Å². The minimum atomic E-state index is -0.432. The Morgan fingerprint density at radius 1 is 1.45 bits per heavy atom. The molecule has 6 nitrogen and oxygen atoms in total. The number of hydrogen-bond donors (Lipinski definition) is 1. The summed E-state index contributed by atoms with van der Waals surface area (Å²) in [5.41, 5.74) is 0.698. The van der Waals surface area contributed by atoms with Crippen LogP contribution in [0.3, 0.4) is 0 Å². The highest BCUT2D eigenvalue weighted by Crippen LogP contribution is 2.17. The number of hydrogen-bond acceptors (Lipinski definition) is 5. The lowest BCUT2D eigenvalue weighted by Crippen LogP contribution is -2.38. The monoisotopic (exact) mass is 307 g/mol. The zero-order valence-electron chi connectivity index (χ0n) is 13.7. The van der Waals surface area contributed by atoms with E-state index in [2.05, 4.69) is 16.5 Å². The van der Waals surface area contributed by atoms with E-state index in [1.54, 1.807) is 17.3 Å². The maximum Gasteiger partial charge on any atom is 0.246 e. The number of nitrogens with zero attached hydrogens (tertiary/aromatic N) is 3. The highest BCUT2D eigenvalue weighted by molar-refractivity contribution is 5.87. The minimum Gasteiger partial charge on any atom is -0.394 e. The molecule has 0 radical (unpaired) electrons. The van der Waals surface area contributed by atoms with Crippen molar-refractivity contribution in [2.45, 2.75) is 38.8 Å². The molecule has 0 aliphatic heterocycles. The van der Waals surface area contributed by atoms with E-state index in [9.17, 15) is 9.90 Å². The van der Waals surface area contributed by atoms with Gasteiger partial charge in [-0.1, -0.05) is 27.4 Å². The van der Waals surface area contributed by atoms with Gasteiger partial charge < -0.3 is 14.7 Å². The molecule has 122 valence electrons. The third-order valence-electron chi connectivity index (χ3n) is 3.20. The zero-order valence-corrected chi connectivity index (χ0v) is 13.7. The van der Waals surface area contributed by atoms with E-state index in [-0.39, 0.29) is 24.5 Å².